The number of carbonyl (C=O) groups excluding carboxylic acids is 2. The molecule has 0 amide bonds. The first kappa shape index (κ1) is 52.1. The van der Waals surface area contributed by atoms with Crippen LogP contribution in [-0.4, -0.2) is 138 Å². The quantitative estimate of drug-likeness (QED) is 0.0488. The highest BCUT2D eigenvalue weighted by Crippen LogP contribution is 2.51. The Morgan fingerprint density at radius 3 is 2.31 bits per heavy atom. The van der Waals surface area contributed by atoms with Crippen LogP contribution in [0.15, 0.2) is 96.7 Å². The van der Waals surface area contributed by atoms with Crippen LogP contribution in [0.2, 0.25) is 0 Å². The minimum absolute atomic E-state index is 0.121. The molecular weight excluding hydrogens is 837 g/mol. The van der Waals surface area contributed by atoms with Crippen molar-refractivity contribution in [3.8, 4) is 11.5 Å². The lowest BCUT2D eigenvalue weighted by Crippen LogP contribution is -2.67. The Balaban J connectivity index is 1.51. The van der Waals surface area contributed by atoms with Crippen molar-refractivity contribution >= 4 is 11.9 Å². The van der Waals surface area contributed by atoms with Gasteiger partial charge in [-0.1, -0.05) is 94.0 Å². The van der Waals surface area contributed by atoms with Crippen LogP contribution in [0, 0.1) is 5.92 Å². The van der Waals surface area contributed by atoms with Gasteiger partial charge in [0.15, 0.2) is 18.5 Å². The van der Waals surface area contributed by atoms with E-state index in [1.165, 1.54) is 30.4 Å². The molecule has 17 heteroatoms. The summed E-state index contributed by atoms with van der Waals surface area (Å²) in [4.78, 5) is 25.8. The molecule has 2 saturated heterocycles. The number of benzene rings is 1. The first-order chi connectivity index (χ1) is 30.6. The fourth-order valence-corrected chi connectivity index (χ4v) is 7.09. The predicted octanol–water partition coefficient (Wildman–Crippen LogP) is 2.81. The Kier molecular flexibility index (Phi) is 20.6. The highest BCUT2D eigenvalue weighted by molar-refractivity contribution is 5.82. The number of hydrogen-bond acceptors (Lipinski definition) is 17. The topological polar surface area (TPSA) is 272 Å². The molecule has 354 valence electrons. The molecule has 4 rings (SSSR count). The third-order valence-corrected chi connectivity index (χ3v) is 11.2. The fourth-order valence-electron chi connectivity index (χ4n) is 7.09. The molecule has 0 aliphatic carbocycles. The van der Waals surface area contributed by atoms with Crippen LogP contribution < -0.4 is 0 Å². The molecule has 0 aromatic heterocycles. The summed E-state index contributed by atoms with van der Waals surface area (Å²) < 4.78 is 34.6. The average Bonchev–Trinajstić information content (AvgIpc) is 3.64. The lowest BCUT2D eigenvalue weighted by molar-refractivity contribution is -0.395. The smallest absolute Gasteiger partial charge is 0.331 e. The first-order valence-corrected chi connectivity index (χ1v) is 21.5. The van der Waals surface area contributed by atoms with Crippen LogP contribution in [0.25, 0.3) is 0 Å². The molecule has 13 atom stereocenters. The minimum atomic E-state index is -2.28. The summed E-state index contributed by atoms with van der Waals surface area (Å²) in [6.45, 7) is 6.16. The summed E-state index contributed by atoms with van der Waals surface area (Å²) in [5.41, 5.74) is 0.834. The zero-order valence-electron chi connectivity index (χ0n) is 36.5. The van der Waals surface area contributed by atoms with Crippen molar-refractivity contribution in [1.82, 2.24) is 0 Å². The molecule has 0 bridgehead atoms. The molecule has 1 aromatic carbocycles. The number of esters is 2. The van der Waals surface area contributed by atoms with Gasteiger partial charge in [-0.3, -0.25) is 0 Å². The van der Waals surface area contributed by atoms with Crippen LogP contribution >= 0.6 is 0 Å². The van der Waals surface area contributed by atoms with E-state index < -0.39 is 104 Å². The van der Waals surface area contributed by atoms with Crippen molar-refractivity contribution in [2.24, 2.45) is 5.92 Å². The van der Waals surface area contributed by atoms with E-state index in [1.54, 1.807) is 31.2 Å². The van der Waals surface area contributed by atoms with Gasteiger partial charge in [-0.15, -0.1) is 0 Å². The maximum atomic E-state index is 13.4. The summed E-state index contributed by atoms with van der Waals surface area (Å²) in [7, 11) is 0. The molecule has 64 heavy (non-hydrogen) atoms. The zero-order valence-corrected chi connectivity index (χ0v) is 36.5. The molecule has 0 saturated carbocycles. The first-order valence-electron chi connectivity index (χ1n) is 21.5. The van der Waals surface area contributed by atoms with Crippen molar-refractivity contribution in [3.05, 3.63) is 108 Å². The molecule has 1 aromatic rings. The van der Waals surface area contributed by atoms with E-state index in [0.717, 1.165) is 43.1 Å². The van der Waals surface area contributed by atoms with Crippen LogP contribution in [-0.2, 0) is 50.4 Å². The van der Waals surface area contributed by atoms with E-state index in [1.807, 2.05) is 19.1 Å². The van der Waals surface area contributed by atoms with Crippen LogP contribution in [0.4, 0.5) is 0 Å². The molecule has 1 spiro atoms. The van der Waals surface area contributed by atoms with Gasteiger partial charge in [0, 0.05) is 18.2 Å². The van der Waals surface area contributed by atoms with E-state index in [0.29, 0.717) is 12.3 Å². The van der Waals surface area contributed by atoms with Gasteiger partial charge in [-0.05, 0) is 55.7 Å². The van der Waals surface area contributed by atoms with Crippen molar-refractivity contribution in [1.29, 1.82) is 0 Å². The van der Waals surface area contributed by atoms with Crippen LogP contribution in [0.3, 0.4) is 0 Å². The number of carbonyl (C=O) groups is 2. The third kappa shape index (κ3) is 14.0. The SMILES string of the molecule is CCC(O)/C=C/C=C/C=C/C(=O)OC[C@H]1O[C@@H](O[C@H]2[C@H](OC(=O)/C=C/C=C/C[C@H](O)/C(C)=C/C=C/CC[C@@H](C)CC)[C@@H](O)[C@@]3(OCc4cc(O)cc(O)c43)O[C@@H]2CO)[C@H](O)[C@@H](O)[C@H]1O. The maximum Gasteiger partial charge on any atom is 0.331 e. The number of allylic oxidation sites excluding steroid dienone is 9. The predicted molar refractivity (Wildman–Crippen MR) is 231 cm³/mol. The average molecular weight is 901 g/mol. The standard InChI is InChI=1S/C47H64O17/c1-5-28(3)17-11-9-12-18-29(4)33(51)20-14-10-16-22-38(54)62-44-43(35(25-48)64-47(45(44)58)39-30(26-60-47)23-32(50)24-34(39)52)63-46-42(57)41(56)40(55)36(61-46)27-59-37(53)21-15-8-7-13-19-31(49)6-2/h7-10,12-16,18-19,21-24,28,31,33,35-36,40-46,48-52,55-58H,5-6,11,17,20,25-27H2,1-4H3/b8-7+,12-9+,14-10+,19-13+,21-15+,22-16+,29-18+/t28-,31?,33-,35+,36+,40-,41-,42+,43+,44-,45+,46-,47-/m0/s1. The second-order valence-corrected chi connectivity index (χ2v) is 16.0. The van der Waals surface area contributed by atoms with Gasteiger partial charge in [0.2, 0.25) is 5.79 Å². The van der Waals surface area contributed by atoms with E-state index in [9.17, 15) is 55.5 Å². The van der Waals surface area contributed by atoms with Crippen molar-refractivity contribution < 1.29 is 84.0 Å². The lowest BCUT2D eigenvalue weighted by atomic mass is 9.86. The van der Waals surface area contributed by atoms with Gasteiger partial charge in [-0.2, -0.15) is 0 Å². The molecule has 3 aliphatic heterocycles. The molecule has 2 fully saturated rings. The van der Waals surface area contributed by atoms with Crippen molar-refractivity contribution in [3.63, 3.8) is 0 Å². The zero-order chi connectivity index (χ0) is 47.0. The number of fused-ring (bicyclic) bond motifs is 2. The molecule has 0 radical (unpaired) electrons. The van der Waals surface area contributed by atoms with Crippen molar-refractivity contribution in [2.45, 2.75) is 140 Å². The number of phenolic OH excluding ortho intramolecular Hbond substituents is 2. The van der Waals surface area contributed by atoms with Gasteiger partial charge in [-0.25, -0.2) is 9.59 Å². The summed E-state index contributed by atoms with van der Waals surface area (Å²) in [6.07, 6.45) is 6.33. The lowest BCUT2D eigenvalue weighted by Gasteiger charge is -2.50. The molecule has 3 aliphatic rings. The number of rotatable bonds is 21. The Morgan fingerprint density at radius 1 is 0.875 bits per heavy atom. The number of aliphatic hydroxyl groups is 7. The highest BCUT2D eigenvalue weighted by atomic mass is 16.8. The van der Waals surface area contributed by atoms with Gasteiger partial charge in [0.25, 0.3) is 0 Å². The van der Waals surface area contributed by atoms with E-state index in [2.05, 4.69) is 19.9 Å². The largest absolute Gasteiger partial charge is 0.508 e. The Morgan fingerprint density at radius 2 is 1.59 bits per heavy atom. The number of hydrogen-bond donors (Lipinski definition) is 9. The van der Waals surface area contributed by atoms with Crippen LogP contribution in [0.1, 0.15) is 70.9 Å². The Labute approximate surface area is 373 Å². The molecule has 17 nitrogen and oxygen atoms in total. The fraction of sp³-hybridized carbons (Fsp3) is 0.532. The molecular formula is C47H64O17. The van der Waals surface area contributed by atoms with Crippen molar-refractivity contribution in [2.75, 3.05) is 13.2 Å². The number of aliphatic hydroxyl groups excluding tert-OH is 7. The summed E-state index contributed by atoms with van der Waals surface area (Å²) in [6, 6.07) is 2.25. The van der Waals surface area contributed by atoms with Gasteiger partial charge in [0.1, 0.15) is 54.7 Å². The maximum absolute atomic E-state index is 13.4. The molecule has 9 N–H and O–H groups in total. The number of ether oxygens (including phenoxy) is 6. The second kappa shape index (κ2) is 25.3. The molecule has 3 heterocycles. The summed E-state index contributed by atoms with van der Waals surface area (Å²) in [5, 5.41) is 96.3. The van der Waals surface area contributed by atoms with E-state index in [-0.39, 0.29) is 29.9 Å². The van der Waals surface area contributed by atoms with E-state index in [4.69, 9.17) is 28.4 Å². The monoisotopic (exact) mass is 900 g/mol. The third-order valence-electron chi connectivity index (χ3n) is 11.2. The van der Waals surface area contributed by atoms with Gasteiger partial charge in [0.05, 0.1) is 31.0 Å². The normalized spacial score (nSPS) is 30.4. The number of aromatic hydroxyl groups is 2. The van der Waals surface area contributed by atoms with Crippen LogP contribution in [0.5, 0.6) is 11.5 Å². The van der Waals surface area contributed by atoms with Gasteiger partial charge < -0.3 is 74.4 Å². The summed E-state index contributed by atoms with van der Waals surface area (Å²) >= 11 is 0. The van der Waals surface area contributed by atoms with E-state index >= 15 is 0 Å². The van der Waals surface area contributed by atoms with Gasteiger partial charge >= 0.3 is 11.9 Å². The minimum Gasteiger partial charge on any atom is -0.508 e. The molecule has 1 unspecified atom stereocenters. The number of phenols is 2. The Hall–Kier alpha value is -4.50. The Bertz CT molecular complexity index is 1890. The summed E-state index contributed by atoms with van der Waals surface area (Å²) in [5.74, 6) is -4.40. The highest BCUT2D eigenvalue weighted by Gasteiger charge is 2.63. The second-order valence-electron chi connectivity index (χ2n) is 16.0.